The van der Waals surface area contributed by atoms with Gasteiger partial charge in [0.15, 0.2) is 0 Å². The van der Waals surface area contributed by atoms with Gasteiger partial charge in [-0.2, -0.15) is 0 Å². The Kier molecular flexibility index (Phi) is 4.48. The third-order valence-corrected chi connectivity index (χ3v) is 6.22. The molecule has 6 heteroatoms. The Morgan fingerprint density at radius 2 is 1.83 bits per heavy atom. The van der Waals surface area contributed by atoms with Crippen LogP contribution in [0, 0.1) is 0 Å². The van der Waals surface area contributed by atoms with Crippen LogP contribution in [-0.2, 0) is 22.6 Å². The molecule has 0 unspecified atom stereocenters. The van der Waals surface area contributed by atoms with Crippen molar-refractivity contribution < 1.29 is 9.59 Å². The predicted octanol–water partition coefficient (Wildman–Crippen LogP) is 3.88. The number of para-hydroxylation sites is 1. The van der Waals surface area contributed by atoms with Gasteiger partial charge in [0.25, 0.3) is 11.8 Å². The number of rotatable bonds is 4. The number of imide groups is 1. The normalized spacial score (nSPS) is 16.6. The largest absolute Gasteiger partial charge is 0.336 e. The van der Waals surface area contributed by atoms with Crippen LogP contribution >= 0.6 is 11.3 Å². The average molecular weight is 401 g/mol. The summed E-state index contributed by atoms with van der Waals surface area (Å²) in [6.45, 7) is 0.893. The summed E-state index contributed by atoms with van der Waals surface area (Å²) < 4.78 is 0. The number of benzene rings is 1. The molecule has 4 heterocycles. The molecular formula is C23H19N3O2S. The van der Waals surface area contributed by atoms with Crippen LogP contribution in [0.25, 0.3) is 5.57 Å². The van der Waals surface area contributed by atoms with Gasteiger partial charge in [-0.1, -0.05) is 30.3 Å². The molecule has 0 aliphatic carbocycles. The topological polar surface area (TPSA) is 53.5 Å². The lowest BCUT2D eigenvalue weighted by Crippen LogP contribution is -2.37. The Balaban J connectivity index is 1.61. The van der Waals surface area contributed by atoms with Gasteiger partial charge in [0, 0.05) is 23.3 Å². The Morgan fingerprint density at radius 1 is 0.966 bits per heavy atom. The molecule has 2 amide bonds. The monoisotopic (exact) mass is 401 g/mol. The third kappa shape index (κ3) is 3.06. The Morgan fingerprint density at radius 3 is 2.62 bits per heavy atom. The molecule has 0 spiro atoms. The second-order valence-electron chi connectivity index (χ2n) is 7.10. The molecule has 2 aromatic heterocycles. The number of pyridine rings is 1. The summed E-state index contributed by atoms with van der Waals surface area (Å²) in [5.74, 6) is -0.498. The standard InChI is InChI=1S/C23H19N3O2S/c27-22-20(19-11-6-14-29-19)21(23(28)26(22)15-17-9-3-4-12-24-17)25-13-5-8-16-7-1-2-10-18(16)25/h1-4,6-7,9-12,14H,5,8,13,15H2. The molecule has 2 aliphatic heterocycles. The lowest BCUT2D eigenvalue weighted by molar-refractivity contribution is -0.137. The zero-order valence-electron chi connectivity index (χ0n) is 15.7. The van der Waals surface area contributed by atoms with Crippen LogP contribution in [-0.4, -0.2) is 28.2 Å². The van der Waals surface area contributed by atoms with Crippen LogP contribution in [0.15, 0.2) is 71.9 Å². The SMILES string of the molecule is O=C1C(c2cccs2)=C(N2CCCc3ccccc32)C(=O)N1Cc1ccccn1. The highest BCUT2D eigenvalue weighted by molar-refractivity contribution is 7.11. The van der Waals surface area contributed by atoms with Crippen LogP contribution in [0.3, 0.4) is 0 Å². The number of carbonyl (C=O) groups excluding carboxylic acids is 2. The number of anilines is 1. The molecule has 0 fully saturated rings. The molecule has 0 saturated heterocycles. The highest BCUT2D eigenvalue weighted by atomic mass is 32.1. The number of thiophene rings is 1. The average Bonchev–Trinajstić information content (AvgIpc) is 3.37. The van der Waals surface area contributed by atoms with E-state index >= 15 is 0 Å². The third-order valence-electron chi connectivity index (χ3n) is 5.34. The maximum atomic E-state index is 13.5. The molecule has 29 heavy (non-hydrogen) atoms. The summed E-state index contributed by atoms with van der Waals surface area (Å²) in [5, 5.41) is 1.93. The second kappa shape index (κ2) is 7.29. The highest BCUT2D eigenvalue weighted by Crippen LogP contribution is 2.39. The summed E-state index contributed by atoms with van der Waals surface area (Å²) >= 11 is 1.48. The molecule has 3 aromatic rings. The van der Waals surface area contributed by atoms with Gasteiger partial charge < -0.3 is 4.90 Å². The Labute approximate surface area is 172 Å². The van der Waals surface area contributed by atoms with Crippen LogP contribution in [0.5, 0.6) is 0 Å². The van der Waals surface area contributed by atoms with Crippen molar-refractivity contribution in [1.82, 2.24) is 9.88 Å². The van der Waals surface area contributed by atoms with E-state index in [4.69, 9.17) is 0 Å². The number of carbonyl (C=O) groups is 2. The van der Waals surface area contributed by atoms with Gasteiger partial charge in [0.2, 0.25) is 0 Å². The molecule has 5 nitrogen and oxygen atoms in total. The van der Waals surface area contributed by atoms with Gasteiger partial charge in [-0.25, -0.2) is 0 Å². The maximum absolute atomic E-state index is 13.5. The van der Waals surface area contributed by atoms with Crippen molar-refractivity contribution >= 4 is 34.4 Å². The molecule has 0 N–H and O–H groups in total. The molecule has 0 radical (unpaired) electrons. The van der Waals surface area contributed by atoms with Crippen molar-refractivity contribution in [3.8, 4) is 0 Å². The van der Waals surface area contributed by atoms with Gasteiger partial charge in [-0.15, -0.1) is 11.3 Å². The Bertz CT molecular complexity index is 1110. The van der Waals surface area contributed by atoms with Crippen molar-refractivity contribution in [2.45, 2.75) is 19.4 Å². The lowest BCUT2D eigenvalue weighted by atomic mass is 10.00. The van der Waals surface area contributed by atoms with E-state index in [1.807, 2.05) is 58.8 Å². The lowest BCUT2D eigenvalue weighted by Gasteiger charge is -2.32. The summed E-state index contributed by atoms with van der Waals surface area (Å²) in [6.07, 6.45) is 3.60. The number of nitrogens with zero attached hydrogens (tertiary/aromatic N) is 3. The van der Waals surface area contributed by atoms with Crippen molar-refractivity contribution in [1.29, 1.82) is 0 Å². The fourth-order valence-electron chi connectivity index (χ4n) is 4.02. The van der Waals surface area contributed by atoms with Gasteiger partial charge in [0.05, 0.1) is 17.8 Å². The van der Waals surface area contributed by atoms with Crippen molar-refractivity contribution in [2.75, 3.05) is 11.4 Å². The summed E-state index contributed by atoms with van der Waals surface area (Å²) in [5.41, 5.74) is 3.90. The molecule has 1 aromatic carbocycles. The van der Waals surface area contributed by atoms with E-state index < -0.39 is 0 Å². The number of fused-ring (bicyclic) bond motifs is 1. The smallest absolute Gasteiger partial charge is 0.278 e. The number of aromatic nitrogens is 1. The predicted molar refractivity (Wildman–Crippen MR) is 113 cm³/mol. The van der Waals surface area contributed by atoms with Crippen LogP contribution in [0.4, 0.5) is 5.69 Å². The zero-order chi connectivity index (χ0) is 19.8. The quantitative estimate of drug-likeness (QED) is 0.623. The molecular weight excluding hydrogens is 382 g/mol. The zero-order valence-corrected chi connectivity index (χ0v) is 16.6. The minimum absolute atomic E-state index is 0.173. The van der Waals surface area contributed by atoms with Gasteiger partial charge in [0.1, 0.15) is 5.70 Å². The molecule has 0 saturated carbocycles. The van der Waals surface area contributed by atoms with Crippen molar-refractivity contribution in [3.05, 3.63) is 88.0 Å². The van der Waals surface area contributed by atoms with Crippen LogP contribution in [0.1, 0.15) is 22.6 Å². The first-order chi connectivity index (χ1) is 14.2. The molecule has 2 aliphatic rings. The first-order valence-electron chi connectivity index (χ1n) is 9.64. The van der Waals surface area contributed by atoms with Crippen molar-refractivity contribution in [2.24, 2.45) is 0 Å². The number of hydrogen-bond donors (Lipinski definition) is 0. The number of aryl methyl sites for hydroxylation is 1. The van der Waals surface area contributed by atoms with Gasteiger partial charge in [-0.05, 0) is 48.1 Å². The molecule has 0 bridgehead atoms. The van der Waals surface area contributed by atoms with E-state index in [2.05, 4.69) is 11.1 Å². The number of hydrogen-bond acceptors (Lipinski definition) is 5. The molecule has 5 rings (SSSR count). The Hall–Kier alpha value is -3.25. The first-order valence-corrected chi connectivity index (χ1v) is 10.5. The van der Waals surface area contributed by atoms with Crippen molar-refractivity contribution in [3.63, 3.8) is 0 Å². The van der Waals surface area contributed by atoms with Crippen LogP contribution < -0.4 is 4.90 Å². The summed E-state index contributed by atoms with van der Waals surface area (Å²) in [6, 6.07) is 17.5. The fourth-order valence-corrected chi connectivity index (χ4v) is 4.78. The van der Waals surface area contributed by atoms with E-state index in [0.29, 0.717) is 17.0 Å². The minimum atomic E-state index is -0.249. The summed E-state index contributed by atoms with van der Waals surface area (Å²) in [4.78, 5) is 35.4. The molecule has 144 valence electrons. The minimum Gasteiger partial charge on any atom is -0.336 e. The van der Waals surface area contributed by atoms with E-state index in [9.17, 15) is 9.59 Å². The van der Waals surface area contributed by atoms with Gasteiger partial charge >= 0.3 is 0 Å². The molecule has 0 atom stereocenters. The van der Waals surface area contributed by atoms with E-state index in [-0.39, 0.29) is 18.4 Å². The number of amides is 2. The maximum Gasteiger partial charge on any atom is 0.278 e. The van der Waals surface area contributed by atoms with Gasteiger partial charge in [-0.3, -0.25) is 19.5 Å². The van der Waals surface area contributed by atoms with Crippen LogP contribution in [0.2, 0.25) is 0 Å². The summed E-state index contributed by atoms with van der Waals surface area (Å²) in [7, 11) is 0. The van der Waals surface area contributed by atoms with E-state index in [1.54, 1.807) is 6.20 Å². The van der Waals surface area contributed by atoms with E-state index in [0.717, 1.165) is 30.0 Å². The highest BCUT2D eigenvalue weighted by Gasteiger charge is 2.43. The van der Waals surface area contributed by atoms with E-state index in [1.165, 1.54) is 21.8 Å². The second-order valence-corrected chi connectivity index (χ2v) is 8.05. The first kappa shape index (κ1) is 17.8. The fraction of sp³-hybridized carbons (Fsp3) is 0.174.